The SMILES string of the molecule is C1=[NH+]COc2ccccc21.[O-][Cl+3]([O-])([O-])[O-]. The maximum atomic E-state index is 8.49. The van der Waals surface area contributed by atoms with Gasteiger partial charge in [0.15, 0.2) is 6.21 Å². The van der Waals surface area contributed by atoms with Gasteiger partial charge in [0.05, 0.1) is 5.56 Å². The molecule has 0 aliphatic carbocycles. The summed E-state index contributed by atoms with van der Waals surface area (Å²) in [7, 11) is -4.94. The molecule has 2 rings (SSSR count). The van der Waals surface area contributed by atoms with Gasteiger partial charge in [0.2, 0.25) is 0 Å². The van der Waals surface area contributed by atoms with Crippen LogP contribution in [-0.2, 0) is 0 Å². The zero-order valence-electron chi connectivity index (χ0n) is 7.51. The Morgan fingerprint density at radius 1 is 1.13 bits per heavy atom. The molecule has 1 heterocycles. The second-order valence-corrected chi connectivity index (χ2v) is 3.31. The molecule has 0 bridgehead atoms. The van der Waals surface area contributed by atoms with E-state index < -0.39 is 10.2 Å². The lowest BCUT2D eigenvalue weighted by atomic mass is 10.2. The van der Waals surface area contributed by atoms with Crippen molar-refractivity contribution in [2.75, 3.05) is 6.73 Å². The van der Waals surface area contributed by atoms with E-state index in [1.165, 1.54) is 0 Å². The third-order valence-corrected chi connectivity index (χ3v) is 1.49. The predicted octanol–water partition coefficient (Wildman–Crippen LogP) is -5.22. The van der Waals surface area contributed by atoms with Gasteiger partial charge in [-0.25, -0.2) is 23.6 Å². The molecule has 82 valence electrons. The number of fused-ring (bicyclic) bond motifs is 1. The summed E-state index contributed by atoms with van der Waals surface area (Å²) in [6, 6.07) is 7.94. The van der Waals surface area contributed by atoms with Crippen LogP contribution in [0, 0.1) is 10.2 Å². The number of ether oxygens (including phenoxy) is 1. The molecule has 1 aromatic rings. The third kappa shape index (κ3) is 5.31. The van der Waals surface area contributed by atoms with Gasteiger partial charge in [-0.15, -0.1) is 10.2 Å². The van der Waals surface area contributed by atoms with Crippen molar-refractivity contribution in [3.63, 3.8) is 0 Å². The average molecular weight is 234 g/mol. The van der Waals surface area contributed by atoms with Crippen LogP contribution in [0.2, 0.25) is 0 Å². The van der Waals surface area contributed by atoms with Crippen LogP contribution in [0.4, 0.5) is 0 Å². The lowest BCUT2D eigenvalue weighted by Gasteiger charge is -2.17. The molecule has 1 aliphatic rings. The molecule has 15 heavy (non-hydrogen) atoms. The summed E-state index contributed by atoms with van der Waals surface area (Å²) in [5.41, 5.74) is 1.12. The summed E-state index contributed by atoms with van der Waals surface area (Å²) >= 11 is 0. The smallest absolute Gasteiger partial charge is 0.285 e. The molecule has 1 N–H and O–H groups in total. The highest BCUT2D eigenvalue weighted by molar-refractivity contribution is 5.79. The van der Waals surface area contributed by atoms with E-state index in [0.717, 1.165) is 11.3 Å². The fourth-order valence-corrected chi connectivity index (χ4v) is 1.00. The summed E-state index contributed by atoms with van der Waals surface area (Å²) in [5.74, 6) is 0.959. The monoisotopic (exact) mass is 233 g/mol. The minimum atomic E-state index is -4.94. The quantitative estimate of drug-likeness (QED) is 0.481. The molecule has 1 aromatic carbocycles. The van der Waals surface area contributed by atoms with Crippen molar-refractivity contribution in [2.45, 2.75) is 0 Å². The first-order valence-corrected chi connectivity index (χ1v) is 5.10. The summed E-state index contributed by atoms with van der Waals surface area (Å²) in [5, 5.41) is 0. The Morgan fingerprint density at radius 3 is 2.33 bits per heavy atom. The van der Waals surface area contributed by atoms with Crippen molar-refractivity contribution in [3.8, 4) is 5.75 Å². The molecule has 0 spiro atoms. The van der Waals surface area contributed by atoms with Gasteiger partial charge in [0.1, 0.15) is 5.75 Å². The van der Waals surface area contributed by atoms with Gasteiger partial charge in [0, 0.05) is 0 Å². The summed E-state index contributed by atoms with van der Waals surface area (Å²) in [6.07, 6.45) is 1.96. The fraction of sp³-hybridized carbons (Fsp3) is 0.125. The van der Waals surface area contributed by atoms with Gasteiger partial charge in [-0.2, -0.15) is 0 Å². The molecular weight excluding hydrogens is 226 g/mol. The van der Waals surface area contributed by atoms with Crippen molar-refractivity contribution < 1.29 is 38.6 Å². The molecule has 0 aromatic heterocycles. The van der Waals surface area contributed by atoms with Gasteiger partial charge in [-0.3, -0.25) is 0 Å². The van der Waals surface area contributed by atoms with Crippen LogP contribution in [0.25, 0.3) is 0 Å². The second-order valence-electron chi connectivity index (χ2n) is 2.55. The molecule has 0 fully saturated rings. The maximum Gasteiger partial charge on any atom is 0.285 e. The topological polar surface area (TPSA) is 115 Å². The van der Waals surface area contributed by atoms with Crippen LogP contribution >= 0.6 is 0 Å². The Balaban J connectivity index is 0.000000195. The molecule has 0 saturated heterocycles. The average Bonchev–Trinajstić information content (AvgIpc) is 2.16. The first-order chi connectivity index (χ1) is 6.97. The number of nitrogens with one attached hydrogen (secondary N) is 1. The lowest BCUT2D eigenvalue weighted by molar-refractivity contribution is -2.00. The van der Waals surface area contributed by atoms with Crippen LogP contribution in [0.1, 0.15) is 5.56 Å². The largest absolute Gasteiger partial charge is 0.435 e. The van der Waals surface area contributed by atoms with Crippen molar-refractivity contribution in [2.24, 2.45) is 0 Å². The Kier molecular flexibility index (Phi) is 4.01. The Bertz CT molecular complexity index is 343. The van der Waals surface area contributed by atoms with Crippen LogP contribution < -0.4 is 28.4 Å². The standard InChI is InChI=1S/C8H7NO.ClHO4/c1-2-4-8-7(3-1)5-9-6-10-8;2-1(3,4)5/h1-5H,6H2;(H,2,3,4,5). The molecular formula is C8H8ClNO5. The highest BCUT2D eigenvalue weighted by atomic mass is 35.7. The van der Waals surface area contributed by atoms with E-state index >= 15 is 0 Å². The van der Waals surface area contributed by atoms with E-state index in [1.54, 1.807) is 0 Å². The summed E-state index contributed by atoms with van der Waals surface area (Å²) in [6.45, 7) is 0.580. The summed E-state index contributed by atoms with van der Waals surface area (Å²) < 4.78 is 39.3. The Labute approximate surface area is 87.8 Å². The first kappa shape index (κ1) is 11.9. The number of benzene rings is 1. The molecule has 0 unspecified atom stereocenters. The molecule has 0 atom stereocenters. The summed E-state index contributed by atoms with van der Waals surface area (Å²) in [4.78, 5) is 2.99. The van der Waals surface area contributed by atoms with Crippen LogP contribution in [-0.4, -0.2) is 12.9 Å². The molecule has 7 heteroatoms. The van der Waals surface area contributed by atoms with Gasteiger partial charge in [-0.1, -0.05) is 12.1 Å². The number of hydrogen-bond donors (Lipinski definition) is 1. The van der Waals surface area contributed by atoms with E-state index in [0.29, 0.717) is 6.73 Å². The van der Waals surface area contributed by atoms with Crippen molar-refractivity contribution >= 4 is 6.21 Å². The van der Waals surface area contributed by atoms with Crippen LogP contribution in [0.15, 0.2) is 24.3 Å². The third-order valence-electron chi connectivity index (χ3n) is 1.49. The van der Waals surface area contributed by atoms with Gasteiger partial charge < -0.3 is 4.74 Å². The number of hydrogen-bond acceptors (Lipinski definition) is 5. The van der Waals surface area contributed by atoms with E-state index in [2.05, 4.69) is 4.99 Å². The highest BCUT2D eigenvalue weighted by Gasteiger charge is 2.06. The predicted molar refractivity (Wildman–Crippen MR) is 38.1 cm³/mol. The van der Waals surface area contributed by atoms with E-state index in [4.69, 9.17) is 23.4 Å². The minimum absolute atomic E-state index is 0.580. The van der Waals surface area contributed by atoms with E-state index in [-0.39, 0.29) is 0 Å². The van der Waals surface area contributed by atoms with Gasteiger partial charge in [-0.05, 0) is 12.1 Å². The zero-order valence-corrected chi connectivity index (χ0v) is 8.27. The van der Waals surface area contributed by atoms with E-state index in [1.807, 2.05) is 30.5 Å². The Hall–Kier alpha value is -1.18. The molecule has 0 saturated carbocycles. The normalized spacial score (nSPS) is 13.3. The first-order valence-electron chi connectivity index (χ1n) is 3.87. The van der Waals surface area contributed by atoms with Crippen LogP contribution in [0.3, 0.4) is 0 Å². The number of para-hydroxylation sites is 1. The maximum absolute atomic E-state index is 8.49. The van der Waals surface area contributed by atoms with Gasteiger partial charge >= 0.3 is 0 Å². The van der Waals surface area contributed by atoms with Crippen molar-refractivity contribution in [1.29, 1.82) is 0 Å². The number of rotatable bonds is 0. The van der Waals surface area contributed by atoms with Gasteiger partial charge in [0.25, 0.3) is 6.73 Å². The fourth-order valence-electron chi connectivity index (χ4n) is 1.00. The molecule has 6 nitrogen and oxygen atoms in total. The van der Waals surface area contributed by atoms with E-state index in [9.17, 15) is 0 Å². The minimum Gasteiger partial charge on any atom is -0.435 e. The van der Waals surface area contributed by atoms with Crippen molar-refractivity contribution in [3.05, 3.63) is 29.8 Å². The molecule has 1 aliphatic heterocycles. The molecule has 0 radical (unpaired) electrons. The lowest BCUT2D eigenvalue weighted by Crippen LogP contribution is -2.72. The highest BCUT2D eigenvalue weighted by Crippen LogP contribution is 2.14. The molecule has 0 amide bonds. The zero-order chi connectivity index (χ0) is 11.3. The Morgan fingerprint density at radius 2 is 1.73 bits per heavy atom. The van der Waals surface area contributed by atoms with Crippen molar-refractivity contribution in [1.82, 2.24) is 0 Å². The van der Waals surface area contributed by atoms with Crippen LogP contribution in [0.5, 0.6) is 5.75 Å². The second kappa shape index (κ2) is 5.06. The number of halogens is 1.